The van der Waals surface area contributed by atoms with E-state index in [1.165, 1.54) is 12.1 Å². The summed E-state index contributed by atoms with van der Waals surface area (Å²) in [5.74, 6) is -0.596. The van der Waals surface area contributed by atoms with Crippen molar-refractivity contribution in [2.45, 2.75) is 26.2 Å². The van der Waals surface area contributed by atoms with Gasteiger partial charge < -0.3 is 15.2 Å². The van der Waals surface area contributed by atoms with Crippen molar-refractivity contribution in [1.82, 2.24) is 0 Å². The number of rotatable bonds is 8. The van der Waals surface area contributed by atoms with Crippen molar-refractivity contribution < 1.29 is 19.4 Å². The van der Waals surface area contributed by atoms with E-state index < -0.39 is 5.97 Å². The minimum Gasteiger partial charge on any atom is -0.494 e. The molecule has 24 heavy (non-hydrogen) atoms. The molecule has 2 aromatic carbocycles. The van der Waals surface area contributed by atoms with Gasteiger partial charge in [-0.05, 0) is 48.9 Å². The summed E-state index contributed by atoms with van der Waals surface area (Å²) in [6, 6.07) is 13.0. The zero-order chi connectivity index (χ0) is 17.4. The van der Waals surface area contributed by atoms with Crippen molar-refractivity contribution >= 4 is 17.6 Å². The second-order valence-corrected chi connectivity index (χ2v) is 5.42. The minimum absolute atomic E-state index is 0.128. The Hall–Kier alpha value is -2.82. The monoisotopic (exact) mass is 327 g/mol. The fraction of sp³-hybridized carbons (Fsp3) is 0.263. The summed E-state index contributed by atoms with van der Waals surface area (Å²) in [6.07, 6.45) is 3.29. The highest BCUT2D eigenvalue weighted by Crippen LogP contribution is 2.16. The number of carboxylic acids is 1. The zero-order valence-electron chi connectivity index (χ0n) is 13.6. The number of benzene rings is 2. The van der Waals surface area contributed by atoms with Gasteiger partial charge in [0, 0.05) is 11.3 Å². The molecule has 0 aliphatic carbocycles. The Bertz CT molecular complexity index is 695. The third-order valence-corrected chi connectivity index (χ3v) is 3.50. The molecule has 2 aromatic rings. The number of hydrogen-bond donors (Lipinski definition) is 2. The van der Waals surface area contributed by atoms with Gasteiger partial charge in [0.2, 0.25) is 0 Å². The Morgan fingerprint density at radius 2 is 1.79 bits per heavy atom. The quantitative estimate of drug-likeness (QED) is 0.712. The highest BCUT2D eigenvalue weighted by atomic mass is 16.5. The summed E-state index contributed by atoms with van der Waals surface area (Å²) < 4.78 is 5.61. The average molecular weight is 327 g/mol. The molecule has 2 N–H and O–H groups in total. The number of carbonyl (C=O) groups excluding carboxylic acids is 1. The molecule has 0 saturated carbocycles. The van der Waals surface area contributed by atoms with E-state index >= 15 is 0 Å². The van der Waals surface area contributed by atoms with E-state index in [1.807, 2.05) is 0 Å². The number of carboxylic acid groups (broad SMARTS) is 1. The lowest BCUT2D eigenvalue weighted by Crippen LogP contribution is -2.12. The molecule has 0 saturated heterocycles. The van der Waals surface area contributed by atoms with Crippen LogP contribution >= 0.6 is 0 Å². The molecule has 5 nitrogen and oxygen atoms in total. The third-order valence-electron chi connectivity index (χ3n) is 3.50. The average Bonchev–Trinajstić information content (AvgIpc) is 2.59. The molecule has 5 heteroatoms. The fourth-order valence-corrected chi connectivity index (χ4v) is 2.18. The first-order chi connectivity index (χ1) is 11.6. The van der Waals surface area contributed by atoms with Gasteiger partial charge in [-0.3, -0.25) is 4.79 Å². The minimum atomic E-state index is -1.03. The van der Waals surface area contributed by atoms with Crippen LogP contribution in [-0.4, -0.2) is 23.6 Å². The molecule has 2 rings (SSSR count). The van der Waals surface area contributed by atoms with Crippen LogP contribution in [0.3, 0.4) is 0 Å². The van der Waals surface area contributed by atoms with Gasteiger partial charge in [0.05, 0.1) is 12.2 Å². The number of carbonyl (C=O) groups is 2. The molecule has 126 valence electrons. The molecule has 1 amide bonds. The van der Waals surface area contributed by atoms with Gasteiger partial charge in [-0.2, -0.15) is 0 Å². The van der Waals surface area contributed by atoms with Gasteiger partial charge >= 0.3 is 5.97 Å². The Balaban J connectivity index is 1.95. The normalized spacial score (nSPS) is 10.2. The summed E-state index contributed by atoms with van der Waals surface area (Å²) in [4.78, 5) is 23.2. The van der Waals surface area contributed by atoms with Crippen LogP contribution in [0.4, 0.5) is 5.69 Å². The SMILES string of the molecule is CCCCCOc1ccc(C(=O)Nc2cccc(C(=O)O)c2)cc1. The molecule has 0 aromatic heterocycles. The molecule has 0 aliphatic heterocycles. The van der Waals surface area contributed by atoms with Gasteiger partial charge in [-0.15, -0.1) is 0 Å². The first-order valence-electron chi connectivity index (χ1n) is 7.97. The Kier molecular flexibility index (Phi) is 6.37. The van der Waals surface area contributed by atoms with Crippen molar-refractivity contribution in [3.8, 4) is 5.75 Å². The van der Waals surface area contributed by atoms with E-state index in [4.69, 9.17) is 9.84 Å². The van der Waals surface area contributed by atoms with Gasteiger partial charge in [0.25, 0.3) is 5.91 Å². The summed E-state index contributed by atoms with van der Waals surface area (Å²) in [6.45, 7) is 2.81. The van der Waals surface area contributed by atoms with Gasteiger partial charge in [0.1, 0.15) is 5.75 Å². The van der Waals surface area contributed by atoms with E-state index in [1.54, 1.807) is 36.4 Å². The Labute approximate surface area is 141 Å². The van der Waals surface area contributed by atoms with Crippen molar-refractivity contribution in [2.75, 3.05) is 11.9 Å². The predicted molar refractivity (Wildman–Crippen MR) is 92.8 cm³/mol. The van der Waals surface area contributed by atoms with Gasteiger partial charge in [0.15, 0.2) is 0 Å². The highest BCUT2D eigenvalue weighted by Gasteiger charge is 2.08. The number of amides is 1. The fourth-order valence-electron chi connectivity index (χ4n) is 2.18. The molecule has 0 aliphatic rings. The van der Waals surface area contributed by atoms with Crippen LogP contribution in [0, 0.1) is 0 Å². The summed E-state index contributed by atoms with van der Waals surface area (Å²) >= 11 is 0. The van der Waals surface area contributed by atoms with Gasteiger partial charge in [-0.25, -0.2) is 4.79 Å². The maximum atomic E-state index is 12.2. The van der Waals surface area contributed by atoms with Crippen LogP contribution in [0.2, 0.25) is 0 Å². The van der Waals surface area contributed by atoms with Crippen molar-refractivity contribution in [1.29, 1.82) is 0 Å². The second-order valence-electron chi connectivity index (χ2n) is 5.42. The van der Waals surface area contributed by atoms with Crippen molar-refractivity contribution in [3.63, 3.8) is 0 Å². The molecular formula is C19H21NO4. The molecule has 0 atom stereocenters. The second kappa shape index (κ2) is 8.72. The van der Waals surface area contributed by atoms with Crippen LogP contribution < -0.4 is 10.1 Å². The first-order valence-corrected chi connectivity index (χ1v) is 7.97. The number of ether oxygens (including phenoxy) is 1. The molecule has 0 spiro atoms. The Morgan fingerprint density at radius 1 is 1.04 bits per heavy atom. The number of nitrogens with one attached hydrogen (secondary N) is 1. The van der Waals surface area contributed by atoms with E-state index in [0.717, 1.165) is 25.0 Å². The number of unbranched alkanes of at least 4 members (excludes halogenated alkanes) is 2. The Morgan fingerprint density at radius 3 is 2.46 bits per heavy atom. The molecule has 0 heterocycles. The lowest BCUT2D eigenvalue weighted by Gasteiger charge is -2.08. The van der Waals surface area contributed by atoms with E-state index in [9.17, 15) is 9.59 Å². The lowest BCUT2D eigenvalue weighted by atomic mass is 10.1. The largest absolute Gasteiger partial charge is 0.494 e. The molecule has 0 bridgehead atoms. The van der Waals surface area contributed by atoms with Crippen molar-refractivity contribution in [3.05, 3.63) is 59.7 Å². The van der Waals surface area contributed by atoms with Crippen LogP contribution in [0.15, 0.2) is 48.5 Å². The van der Waals surface area contributed by atoms with Gasteiger partial charge in [-0.1, -0.05) is 25.8 Å². The van der Waals surface area contributed by atoms with Crippen molar-refractivity contribution in [2.24, 2.45) is 0 Å². The highest BCUT2D eigenvalue weighted by molar-refractivity contribution is 6.04. The molecular weight excluding hydrogens is 306 g/mol. The van der Waals surface area contributed by atoms with Crippen LogP contribution in [0.25, 0.3) is 0 Å². The standard InChI is InChI=1S/C19H21NO4/c1-2-3-4-12-24-17-10-8-14(9-11-17)18(21)20-16-7-5-6-15(13-16)19(22)23/h5-11,13H,2-4,12H2,1H3,(H,20,21)(H,22,23). The van der Waals surface area contributed by atoms with E-state index in [2.05, 4.69) is 12.2 Å². The van der Waals surface area contributed by atoms with E-state index in [0.29, 0.717) is 17.9 Å². The topological polar surface area (TPSA) is 75.6 Å². The third kappa shape index (κ3) is 5.12. The van der Waals surface area contributed by atoms with Crippen LogP contribution in [0.1, 0.15) is 46.9 Å². The number of hydrogen-bond acceptors (Lipinski definition) is 3. The maximum absolute atomic E-state index is 12.2. The first kappa shape index (κ1) is 17.5. The smallest absolute Gasteiger partial charge is 0.335 e. The van der Waals surface area contributed by atoms with Crippen LogP contribution in [0.5, 0.6) is 5.75 Å². The summed E-state index contributed by atoms with van der Waals surface area (Å²) in [5.41, 5.74) is 1.06. The summed E-state index contributed by atoms with van der Waals surface area (Å²) in [5, 5.41) is 11.7. The maximum Gasteiger partial charge on any atom is 0.335 e. The molecule has 0 unspecified atom stereocenters. The lowest BCUT2D eigenvalue weighted by molar-refractivity contribution is 0.0696. The van der Waals surface area contributed by atoms with Crippen LogP contribution in [-0.2, 0) is 0 Å². The molecule has 0 fully saturated rings. The predicted octanol–water partition coefficient (Wildman–Crippen LogP) is 4.21. The number of anilines is 1. The molecule has 0 radical (unpaired) electrons. The van der Waals surface area contributed by atoms with E-state index in [-0.39, 0.29) is 11.5 Å². The number of aromatic carboxylic acids is 1. The zero-order valence-corrected chi connectivity index (χ0v) is 13.6. The summed E-state index contributed by atoms with van der Waals surface area (Å²) in [7, 11) is 0.